The molecule has 0 unspecified atom stereocenters. The van der Waals surface area contributed by atoms with E-state index in [1.165, 1.54) is 15.7 Å². The van der Waals surface area contributed by atoms with Crippen molar-refractivity contribution in [1.82, 2.24) is 18.7 Å². The van der Waals surface area contributed by atoms with Crippen LogP contribution in [-0.4, -0.2) is 45.9 Å². The van der Waals surface area contributed by atoms with Crippen molar-refractivity contribution >= 4 is 55.9 Å². The van der Waals surface area contributed by atoms with E-state index in [1.54, 1.807) is 84.6 Å². The Bertz CT molecular complexity index is 2030. The minimum absolute atomic E-state index is 0.0566. The molecule has 216 valence electrons. The summed E-state index contributed by atoms with van der Waals surface area (Å²) in [6, 6.07) is 29.7. The van der Waals surface area contributed by atoms with E-state index in [1.807, 2.05) is 36.4 Å². The number of rotatable bonds is 9. The van der Waals surface area contributed by atoms with Crippen LogP contribution in [0.15, 0.2) is 119 Å². The average molecular weight is 630 g/mol. The standard InChI is InChI=1S/C31H24ClN5O4S2/c1-41-24-17-15-23(16-18-24)37-30(34-35-31(37)42-20-29(38)33-22-13-11-21(32)12-14-22)27-19-36(28-10-6-5-9-26(27)28)43(39,40)25-7-3-2-4-8-25/h2-19H,20H2,1H3,(H,33,38). The van der Waals surface area contributed by atoms with Crippen molar-refractivity contribution in [3.63, 3.8) is 0 Å². The Morgan fingerprint density at radius 1 is 0.907 bits per heavy atom. The molecule has 1 amide bonds. The van der Waals surface area contributed by atoms with Crippen molar-refractivity contribution in [3.05, 3.63) is 114 Å². The van der Waals surface area contributed by atoms with E-state index in [4.69, 9.17) is 16.3 Å². The summed E-state index contributed by atoms with van der Waals surface area (Å²) >= 11 is 7.16. The molecule has 0 saturated heterocycles. The lowest BCUT2D eigenvalue weighted by atomic mass is 10.1. The summed E-state index contributed by atoms with van der Waals surface area (Å²) in [4.78, 5) is 13.0. The van der Waals surface area contributed by atoms with Gasteiger partial charge >= 0.3 is 0 Å². The third kappa shape index (κ3) is 5.74. The van der Waals surface area contributed by atoms with Gasteiger partial charge in [0, 0.05) is 33.5 Å². The predicted molar refractivity (Wildman–Crippen MR) is 169 cm³/mol. The van der Waals surface area contributed by atoms with Crippen molar-refractivity contribution in [1.29, 1.82) is 0 Å². The highest BCUT2D eigenvalue weighted by Gasteiger charge is 2.25. The highest BCUT2D eigenvalue weighted by atomic mass is 35.5. The quantitative estimate of drug-likeness (QED) is 0.181. The van der Waals surface area contributed by atoms with Gasteiger partial charge in [-0.2, -0.15) is 0 Å². The summed E-state index contributed by atoms with van der Waals surface area (Å²) in [5.41, 5.74) is 2.40. The summed E-state index contributed by atoms with van der Waals surface area (Å²) in [6.07, 6.45) is 1.57. The van der Waals surface area contributed by atoms with Crippen molar-refractivity contribution in [3.8, 4) is 22.8 Å². The first kappa shape index (κ1) is 28.5. The van der Waals surface area contributed by atoms with Crippen molar-refractivity contribution in [2.75, 3.05) is 18.2 Å². The molecule has 0 aliphatic carbocycles. The van der Waals surface area contributed by atoms with Gasteiger partial charge in [-0.05, 0) is 66.7 Å². The zero-order valence-electron chi connectivity index (χ0n) is 22.7. The summed E-state index contributed by atoms with van der Waals surface area (Å²) in [5, 5.41) is 13.5. The fraction of sp³-hybridized carbons (Fsp3) is 0.0645. The number of ether oxygens (including phenoxy) is 1. The van der Waals surface area contributed by atoms with Gasteiger partial charge < -0.3 is 10.1 Å². The summed E-state index contributed by atoms with van der Waals surface area (Å²) in [5.74, 6) is 0.911. The van der Waals surface area contributed by atoms with Crippen LogP contribution >= 0.6 is 23.4 Å². The number of thioether (sulfide) groups is 1. The number of nitrogens with one attached hydrogen (secondary N) is 1. The maximum atomic E-state index is 13.7. The molecule has 9 nitrogen and oxygen atoms in total. The Morgan fingerprint density at radius 3 is 2.33 bits per heavy atom. The van der Waals surface area contributed by atoms with E-state index in [2.05, 4.69) is 15.5 Å². The SMILES string of the molecule is COc1ccc(-n2c(SCC(=O)Nc3ccc(Cl)cc3)nnc2-c2cn(S(=O)(=O)c3ccccc3)c3ccccc23)cc1. The van der Waals surface area contributed by atoms with Crippen LogP contribution in [0.1, 0.15) is 0 Å². The number of hydrogen-bond donors (Lipinski definition) is 1. The molecule has 0 aliphatic heterocycles. The molecule has 0 atom stereocenters. The molecule has 0 radical (unpaired) electrons. The number of methoxy groups -OCH3 is 1. The number of carbonyl (C=O) groups excluding carboxylic acids is 1. The molecule has 2 heterocycles. The number of fused-ring (bicyclic) bond motifs is 1. The van der Waals surface area contributed by atoms with Crippen LogP contribution in [0.2, 0.25) is 5.02 Å². The highest BCUT2D eigenvalue weighted by Crippen LogP contribution is 2.35. The topological polar surface area (TPSA) is 108 Å². The number of amides is 1. The molecule has 0 bridgehead atoms. The number of aromatic nitrogens is 4. The number of carbonyl (C=O) groups is 1. The smallest absolute Gasteiger partial charge is 0.268 e. The van der Waals surface area contributed by atoms with Gasteiger partial charge in [0.25, 0.3) is 10.0 Å². The second kappa shape index (κ2) is 12.0. The molecular weight excluding hydrogens is 606 g/mol. The molecule has 6 aromatic rings. The fourth-order valence-electron chi connectivity index (χ4n) is 4.60. The summed E-state index contributed by atoms with van der Waals surface area (Å²) in [7, 11) is -2.32. The van der Waals surface area contributed by atoms with E-state index in [-0.39, 0.29) is 16.6 Å². The normalized spacial score (nSPS) is 11.5. The Balaban J connectivity index is 1.42. The van der Waals surface area contributed by atoms with Gasteiger partial charge in [-0.25, -0.2) is 12.4 Å². The van der Waals surface area contributed by atoms with Crippen LogP contribution in [0.25, 0.3) is 28.0 Å². The van der Waals surface area contributed by atoms with Crippen LogP contribution in [0.5, 0.6) is 5.75 Å². The number of para-hydroxylation sites is 1. The first-order chi connectivity index (χ1) is 20.8. The second-order valence-electron chi connectivity index (χ2n) is 9.36. The van der Waals surface area contributed by atoms with Crippen molar-refractivity contribution in [2.24, 2.45) is 0 Å². The van der Waals surface area contributed by atoms with Gasteiger partial charge in [0.1, 0.15) is 5.75 Å². The molecule has 0 fully saturated rings. The van der Waals surface area contributed by atoms with Crippen LogP contribution in [0.4, 0.5) is 5.69 Å². The number of nitrogens with zero attached hydrogens (tertiary/aromatic N) is 4. The Morgan fingerprint density at radius 2 is 1.60 bits per heavy atom. The lowest BCUT2D eigenvalue weighted by Gasteiger charge is -2.11. The average Bonchev–Trinajstić information content (AvgIpc) is 3.64. The molecule has 6 rings (SSSR count). The van der Waals surface area contributed by atoms with Gasteiger partial charge in [0.05, 0.1) is 23.3 Å². The molecule has 0 saturated carbocycles. The molecule has 2 aromatic heterocycles. The van der Waals surface area contributed by atoms with E-state index in [0.717, 1.165) is 0 Å². The summed E-state index contributed by atoms with van der Waals surface area (Å²) < 4.78 is 35.9. The third-order valence-electron chi connectivity index (χ3n) is 6.64. The monoisotopic (exact) mass is 629 g/mol. The number of benzene rings is 4. The largest absolute Gasteiger partial charge is 0.497 e. The first-order valence-electron chi connectivity index (χ1n) is 13.0. The van der Waals surface area contributed by atoms with Crippen LogP contribution in [0.3, 0.4) is 0 Å². The fourth-order valence-corrected chi connectivity index (χ4v) is 6.86. The van der Waals surface area contributed by atoms with Gasteiger partial charge in [-0.1, -0.05) is 59.8 Å². The maximum Gasteiger partial charge on any atom is 0.268 e. The Labute approximate surface area is 257 Å². The molecule has 0 aliphatic rings. The van der Waals surface area contributed by atoms with Crippen LogP contribution in [0, 0.1) is 0 Å². The number of anilines is 1. The van der Waals surface area contributed by atoms with E-state index < -0.39 is 10.0 Å². The maximum absolute atomic E-state index is 13.7. The second-order valence-corrected chi connectivity index (χ2v) is 12.6. The number of halogens is 1. The summed E-state index contributed by atoms with van der Waals surface area (Å²) in [6.45, 7) is 0. The van der Waals surface area contributed by atoms with Gasteiger partial charge in [0.15, 0.2) is 11.0 Å². The van der Waals surface area contributed by atoms with E-state index in [0.29, 0.717) is 49.6 Å². The van der Waals surface area contributed by atoms with Crippen LogP contribution < -0.4 is 10.1 Å². The number of hydrogen-bond acceptors (Lipinski definition) is 7. The molecule has 43 heavy (non-hydrogen) atoms. The zero-order chi connectivity index (χ0) is 30.0. The molecule has 4 aromatic carbocycles. The molecule has 0 spiro atoms. The van der Waals surface area contributed by atoms with Gasteiger partial charge in [0.2, 0.25) is 5.91 Å². The van der Waals surface area contributed by atoms with E-state index in [9.17, 15) is 13.2 Å². The molecule has 1 N–H and O–H groups in total. The van der Waals surface area contributed by atoms with Gasteiger partial charge in [-0.15, -0.1) is 10.2 Å². The van der Waals surface area contributed by atoms with Crippen molar-refractivity contribution < 1.29 is 17.9 Å². The van der Waals surface area contributed by atoms with Crippen molar-refractivity contribution in [2.45, 2.75) is 10.1 Å². The van der Waals surface area contributed by atoms with E-state index >= 15 is 0 Å². The predicted octanol–water partition coefficient (Wildman–Crippen LogP) is 6.52. The zero-order valence-corrected chi connectivity index (χ0v) is 25.1. The minimum atomic E-state index is -3.91. The van der Waals surface area contributed by atoms with Gasteiger partial charge in [-0.3, -0.25) is 9.36 Å². The highest BCUT2D eigenvalue weighted by molar-refractivity contribution is 7.99. The first-order valence-corrected chi connectivity index (χ1v) is 15.8. The lowest BCUT2D eigenvalue weighted by Crippen LogP contribution is -2.14. The minimum Gasteiger partial charge on any atom is -0.497 e. The molecular formula is C31H24ClN5O4S2. The third-order valence-corrected chi connectivity index (χ3v) is 9.51. The lowest BCUT2D eigenvalue weighted by molar-refractivity contribution is -0.113. The Kier molecular flexibility index (Phi) is 7.94. The molecule has 12 heteroatoms. The Hall–Kier alpha value is -4.58. The van der Waals surface area contributed by atoms with Crippen LogP contribution in [-0.2, 0) is 14.8 Å².